The molecule has 0 saturated carbocycles. The number of nitrogens with zero attached hydrogens (tertiary/aromatic N) is 1. The molecule has 0 radical (unpaired) electrons. The lowest BCUT2D eigenvalue weighted by molar-refractivity contribution is -0.118. The van der Waals surface area contributed by atoms with Gasteiger partial charge in [-0.3, -0.25) is 4.79 Å². The molecule has 1 aromatic heterocycles. The van der Waals surface area contributed by atoms with E-state index in [0.29, 0.717) is 5.82 Å². The Hall–Kier alpha value is -1.78. The SMILES string of the molecule is CC(Nc1ccc(N)nc1)C(N)=O. The Morgan fingerprint density at radius 2 is 2.31 bits per heavy atom. The van der Waals surface area contributed by atoms with Gasteiger partial charge in [-0.15, -0.1) is 0 Å². The van der Waals surface area contributed by atoms with Gasteiger partial charge < -0.3 is 16.8 Å². The van der Waals surface area contributed by atoms with Crippen molar-refractivity contribution in [3.8, 4) is 0 Å². The lowest BCUT2D eigenvalue weighted by Crippen LogP contribution is -2.32. The van der Waals surface area contributed by atoms with Gasteiger partial charge in [0.2, 0.25) is 5.91 Å². The van der Waals surface area contributed by atoms with Crippen LogP contribution < -0.4 is 16.8 Å². The van der Waals surface area contributed by atoms with Crippen molar-refractivity contribution < 1.29 is 4.79 Å². The molecule has 0 aliphatic rings. The molecule has 0 saturated heterocycles. The zero-order chi connectivity index (χ0) is 9.84. The van der Waals surface area contributed by atoms with Gasteiger partial charge in [-0.1, -0.05) is 0 Å². The molecule has 1 aromatic rings. The fourth-order valence-electron chi connectivity index (χ4n) is 0.812. The van der Waals surface area contributed by atoms with Gasteiger partial charge in [-0.25, -0.2) is 4.98 Å². The zero-order valence-corrected chi connectivity index (χ0v) is 7.32. The molecule has 1 rings (SSSR count). The molecule has 13 heavy (non-hydrogen) atoms. The minimum Gasteiger partial charge on any atom is -0.384 e. The minimum atomic E-state index is -0.412. The minimum absolute atomic E-state index is 0.406. The highest BCUT2D eigenvalue weighted by Crippen LogP contribution is 2.07. The number of rotatable bonds is 3. The third-order valence-electron chi connectivity index (χ3n) is 1.60. The van der Waals surface area contributed by atoms with Gasteiger partial charge in [0.25, 0.3) is 0 Å². The number of nitrogen functional groups attached to an aromatic ring is 1. The first-order valence-corrected chi connectivity index (χ1v) is 3.87. The third kappa shape index (κ3) is 2.62. The largest absolute Gasteiger partial charge is 0.384 e. The van der Waals surface area contributed by atoms with Crippen molar-refractivity contribution in [2.24, 2.45) is 5.73 Å². The second-order valence-corrected chi connectivity index (χ2v) is 2.74. The summed E-state index contributed by atoms with van der Waals surface area (Å²) in [6.07, 6.45) is 1.55. The number of carbonyl (C=O) groups excluding carboxylic acids is 1. The highest BCUT2D eigenvalue weighted by Gasteiger charge is 2.07. The number of amides is 1. The Morgan fingerprint density at radius 1 is 1.62 bits per heavy atom. The first-order valence-electron chi connectivity index (χ1n) is 3.87. The summed E-state index contributed by atoms with van der Waals surface area (Å²) < 4.78 is 0. The van der Waals surface area contributed by atoms with E-state index < -0.39 is 11.9 Å². The maximum absolute atomic E-state index is 10.7. The summed E-state index contributed by atoms with van der Waals surface area (Å²) in [5.41, 5.74) is 11.2. The fourth-order valence-corrected chi connectivity index (χ4v) is 0.812. The van der Waals surface area contributed by atoms with Gasteiger partial charge in [0.05, 0.1) is 11.9 Å². The van der Waals surface area contributed by atoms with Gasteiger partial charge in [0.15, 0.2) is 0 Å². The normalized spacial score (nSPS) is 12.1. The first kappa shape index (κ1) is 9.31. The summed E-state index contributed by atoms with van der Waals surface area (Å²) in [7, 11) is 0. The Bertz CT molecular complexity index is 296. The van der Waals surface area contributed by atoms with E-state index in [9.17, 15) is 4.79 Å². The van der Waals surface area contributed by atoms with Crippen LogP contribution in [0.4, 0.5) is 11.5 Å². The van der Waals surface area contributed by atoms with E-state index in [1.807, 2.05) is 0 Å². The van der Waals surface area contributed by atoms with Crippen molar-refractivity contribution in [2.45, 2.75) is 13.0 Å². The van der Waals surface area contributed by atoms with E-state index >= 15 is 0 Å². The number of aromatic nitrogens is 1. The standard InChI is InChI=1S/C8H12N4O/c1-5(8(10)13)12-6-2-3-7(9)11-4-6/h2-5,12H,1H3,(H2,9,11)(H2,10,13). The molecular formula is C8H12N4O. The van der Waals surface area contributed by atoms with Crippen LogP contribution >= 0.6 is 0 Å². The molecule has 1 unspecified atom stereocenters. The summed E-state index contributed by atoms with van der Waals surface area (Å²) in [5, 5.41) is 2.88. The van der Waals surface area contributed by atoms with Crippen LogP contribution in [0.5, 0.6) is 0 Å². The summed E-state index contributed by atoms with van der Waals surface area (Å²) in [5.74, 6) is 0.0362. The predicted molar refractivity (Wildman–Crippen MR) is 50.9 cm³/mol. The van der Waals surface area contributed by atoms with E-state index in [4.69, 9.17) is 11.5 Å². The van der Waals surface area contributed by atoms with Crippen LogP contribution in [0.25, 0.3) is 0 Å². The lowest BCUT2D eigenvalue weighted by atomic mass is 10.3. The average Bonchev–Trinajstić information content (AvgIpc) is 2.08. The number of carbonyl (C=O) groups is 1. The molecule has 5 nitrogen and oxygen atoms in total. The molecule has 0 aromatic carbocycles. The molecule has 1 atom stereocenters. The van der Waals surface area contributed by atoms with Crippen LogP contribution in [-0.2, 0) is 4.79 Å². The Morgan fingerprint density at radius 3 is 2.77 bits per heavy atom. The van der Waals surface area contributed by atoms with Crippen molar-refractivity contribution in [3.05, 3.63) is 18.3 Å². The molecule has 0 aliphatic carbocycles. The summed E-state index contributed by atoms with van der Waals surface area (Å²) in [6.45, 7) is 1.68. The molecule has 1 heterocycles. The third-order valence-corrected chi connectivity index (χ3v) is 1.60. The number of hydrogen-bond donors (Lipinski definition) is 3. The van der Waals surface area contributed by atoms with Crippen LogP contribution in [0.15, 0.2) is 18.3 Å². The second kappa shape index (κ2) is 3.75. The summed E-state index contributed by atoms with van der Waals surface area (Å²) in [4.78, 5) is 14.5. The van der Waals surface area contributed by atoms with Crippen LogP contribution in [-0.4, -0.2) is 16.9 Å². The molecule has 0 fully saturated rings. The van der Waals surface area contributed by atoms with Crippen molar-refractivity contribution in [1.82, 2.24) is 4.98 Å². The Kier molecular flexibility index (Phi) is 2.69. The van der Waals surface area contributed by atoms with Crippen molar-refractivity contribution in [3.63, 3.8) is 0 Å². The molecule has 5 N–H and O–H groups in total. The van der Waals surface area contributed by atoms with E-state index in [2.05, 4.69) is 10.3 Å². The van der Waals surface area contributed by atoms with Crippen LogP contribution in [0.3, 0.4) is 0 Å². The van der Waals surface area contributed by atoms with E-state index in [-0.39, 0.29) is 0 Å². The number of nitrogens with two attached hydrogens (primary N) is 2. The molecule has 0 bridgehead atoms. The smallest absolute Gasteiger partial charge is 0.239 e. The summed E-state index contributed by atoms with van der Waals surface area (Å²) >= 11 is 0. The fraction of sp³-hybridized carbons (Fsp3) is 0.250. The van der Waals surface area contributed by atoms with Crippen LogP contribution in [0.1, 0.15) is 6.92 Å². The van der Waals surface area contributed by atoms with Crippen LogP contribution in [0.2, 0.25) is 0 Å². The first-order chi connectivity index (χ1) is 6.09. The molecule has 5 heteroatoms. The van der Waals surface area contributed by atoms with Gasteiger partial charge in [0.1, 0.15) is 11.9 Å². The van der Waals surface area contributed by atoms with Gasteiger partial charge in [-0.05, 0) is 19.1 Å². The predicted octanol–water partition coefficient (Wildman–Crippen LogP) is -0.0505. The summed E-state index contributed by atoms with van der Waals surface area (Å²) in [6, 6.07) is 2.98. The molecule has 0 aliphatic heterocycles. The highest BCUT2D eigenvalue weighted by molar-refractivity contribution is 5.82. The lowest BCUT2D eigenvalue weighted by Gasteiger charge is -2.10. The molecule has 0 spiro atoms. The monoisotopic (exact) mass is 180 g/mol. The average molecular weight is 180 g/mol. The topological polar surface area (TPSA) is 94.0 Å². The maximum atomic E-state index is 10.7. The number of nitrogens with one attached hydrogen (secondary N) is 1. The quantitative estimate of drug-likeness (QED) is 0.607. The van der Waals surface area contributed by atoms with E-state index in [1.54, 1.807) is 25.3 Å². The number of anilines is 2. The number of primary amides is 1. The Labute approximate surface area is 76.1 Å². The van der Waals surface area contributed by atoms with Gasteiger partial charge in [0, 0.05) is 0 Å². The molecule has 70 valence electrons. The maximum Gasteiger partial charge on any atom is 0.239 e. The molecular weight excluding hydrogens is 168 g/mol. The zero-order valence-electron chi connectivity index (χ0n) is 7.32. The number of hydrogen-bond acceptors (Lipinski definition) is 4. The second-order valence-electron chi connectivity index (χ2n) is 2.74. The van der Waals surface area contributed by atoms with Gasteiger partial charge >= 0.3 is 0 Å². The van der Waals surface area contributed by atoms with Crippen LogP contribution in [0, 0.1) is 0 Å². The van der Waals surface area contributed by atoms with E-state index in [1.165, 1.54) is 0 Å². The van der Waals surface area contributed by atoms with Crippen molar-refractivity contribution >= 4 is 17.4 Å². The highest BCUT2D eigenvalue weighted by atomic mass is 16.1. The molecule has 1 amide bonds. The van der Waals surface area contributed by atoms with E-state index in [0.717, 1.165) is 5.69 Å². The Balaban J connectivity index is 2.64. The van der Waals surface area contributed by atoms with Crippen molar-refractivity contribution in [2.75, 3.05) is 11.1 Å². The number of pyridine rings is 1. The van der Waals surface area contributed by atoms with Gasteiger partial charge in [-0.2, -0.15) is 0 Å². The van der Waals surface area contributed by atoms with Crippen molar-refractivity contribution in [1.29, 1.82) is 0 Å².